The van der Waals surface area contributed by atoms with Crippen molar-refractivity contribution in [3.8, 4) is 11.6 Å². The normalized spacial score (nSPS) is 11.6. The van der Waals surface area contributed by atoms with Gasteiger partial charge in [0, 0.05) is 31.0 Å². The van der Waals surface area contributed by atoms with Gasteiger partial charge < -0.3 is 25.6 Å². The third-order valence-corrected chi connectivity index (χ3v) is 6.91. The van der Waals surface area contributed by atoms with Crippen molar-refractivity contribution in [2.75, 3.05) is 36.8 Å². The highest BCUT2D eigenvalue weighted by molar-refractivity contribution is 6.31. The van der Waals surface area contributed by atoms with Crippen molar-refractivity contribution >= 4 is 40.4 Å². The van der Waals surface area contributed by atoms with Gasteiger partial charge in [-0.3, -0.25) is 4.79 Å². The number of halogens is 5. The van der Waals surface area contributed by atoms with Crippen LogP contribution in [0.5, 0.6) is 11.6 Å². The lowest BCUT2D eigenvalue weighted by atomic mass is 10.2. The largest absolute Gasteiger partial charge is 0.437 e. The summed E-state index contributed by atoms with van der Waals surface area (Å²) in [6.07, 6.45) is -1.95. The molecule has 0 saturated carbocycles. The molecular weight excluding hydrogens is 594 g/mol. The van der Waals surface area contributed by atoms with Crippen LogP contribution in [-0.4, -0.2) is 57.6 Å². The van der Waals surface area contributed by atoms with Gasteiger partial charge in [-0.25, -0.2) is 13.7 Å². The van der Waals surface area contributed by atoms with Crippen LogP contribution in [0.15, 0.2) is 48.9 Å². The summed E-state index contributed by atoms with van der Waals surface area (Å²) in [6, 6.07) is 5.43. The number of carbonyl (C=O) groups excluding carboxylic acids is 2. The molecule has 43 heavy (non-hydrogen) atoms. The molecule has 4 aromatic rings. The zero-order valence-electron chi connectivity index (χ0n) is 23.4. The average Bonchev–Trinajstić information content (AvgIpc) is 3.30. The standard InChI is InChI=1S/C28H28ClF4N7O3/c1-4-39(5-2)11-10-34-25(41)19-14-40-24(16(19)3)26(35-15-36-40)43-18-7-9-23(22(30)13-18)38-27(42)37-17-6-8-21(29)20(12-17)28(31,32)33/h6-9,12-15H,4-5,10-11H2,1-3H3,(H,34,41)(H2,37,38,42). The molecule has 3 amide bonds. The van der Waals surface area contributed by atoms with Crippen molar-refractivity contribution in [1.82, 2.24) is 24.8 Å². The van der Waals surface area contributed by atoms with Gasteiger partial charge >= 0.3 is 12.2 Å². The van der Waals surface area contributed by atoms with E-state index >= 15 is 0 Å². The van der Waals surface area contributed by atoms with Crippen molar-refractivity contribution in [1.29, 1.82) is 0 Å². The van der Waals surface area contributed by atoms with Crippen LogP contribution >= 0.6 is 11.6 Å². The third kappa shape index (κ3) is 7.51. The van der Waals surface area contributed by atoms with E-state index in [-0.39, 0.29) is 28.9 Å². The Labute approximate surface area is 249 Å². The van der Waals surface area contributed by atoms with Gasteiger partial charge in [0.2, 0.25) is 5.88 Å². The minimum atomic E-state index is -4.72. The molecular formula is C28H28ClF4N7O3. The SMILES string of the molecule is CCN(CC)CCNC(=O)c1cn2ncnc(Oc3ccc(NC(=O)Nc4ccc(Cl)c(C(F)(F)F)c4)c(F)c3)c2c1C. The van der Waals surface area contributed by atoms with E-state index < -0.39 is 28.6 Å². The number of benzene rings is 2. The number of likely N-dealkylation sites (N-methyl/N-ethyl adjacent to an activating group) is 1. The summed E-state index contributed by atoms with van der Waals surface area (Å²) < 4.78 is 61.4. The summed E-state index contributed by atoms with van der Waals surface area (Å²) in [5.41, 5.74) is -0.238. The number of aromatic nitrogens is 3. The molecule has 228 valence electrons. The first kappa shape index (κ1) is 31.5. The number of carbonyl (C=O) groups is 2. The summed E-state index contributed by atoms with van der Waals surface area (Å²) in [5.74, 6) is -1.07. The molecule has 15 heteroatoms. The molecule has 0 atom stereocenters. The number of ether oxygens (including phenoxy) is 1. The minimum absolute atomic E-state index is 0.0300. The van der Waals surface area contributed by atoms with Gasteiger partial charge in [0.25, 0.3) is 5.91 Å². The molecule has 2 aromatic carbocycles. The van der Waals surface area contributed by atoms with E-state index in [0.29, 0.717) is 35.8 Å². The summed E-state index contributed by atoms with van der Waals surface area (Å²) >= 11 is 5.60. The monoisotopic (exact) mass is 621 g/mol. The Kier molecular flexibility index (Phi) is 9.71. The van der Waals surface area contributed by atoms with E-state index in [9.17, 15) is 27.2 Å². The summed E-state index contributed by atoms with van der Waals surface area (Å²) in [7, 11) is 0. The van der Waals surface area contributed by atoms with Crippen molar-refractivity contribution < 1.29 is 31.9 Å². The highest BCUT2D eigenvalue weighted by atomic mass is 35.5. The Morgan fingerprint density at radius 3 is 2.51 bits per heavy atom. The Morgan fingerprint density at radius 1 is 1.09 bits per heavy atom. The van der Waals surface area contributed by atoms with Crippen LogP contribution in [0, 0.1) is 12.7 Å². The number of hydrogen-bond acceptors (Lipinski definition) is 6. The summed E-state index contributed by atoms with van der Waals surface area (Å²) in [6.45, 7) is 8.73. The lowest BCUT2D eigenvalue weighted by Crippen LogP contribution is -2.34. The quantitative estimate of drug-likeness (QED) is 0.178. The molecule has 0 aliphatic carbocycles. The molecule has 2 aromatic heterocycles. The van der Waals surface area contributed by atoms with Crippen LogP contribution in [0.4, 0.5) is 33.7 Å². The number of rotatable bonds is 10. The van der Waals surface area contributed by atoms with E-state index in [2.05, 4.69) is 30.9 Å². The molecule has 0 aliphatic rings. The molecule has 0 spiro atoms. The number of fused-ring (bicyclic) bond motifs is 1. The fraction of sp³-hybridized carbons (Fsp3) is 0.286. The van der Waals surface area contributed by atoms with Crippen molar-refractivity contribution in [2.45, 2.75) is 26.9 Å². The molecule has 0 radical (unpaired) electrons. The van der Waals surface area contributed by atoms with Gasteiger partial charge in [0.1, 0.15) is 23.4 Å². The van der Waals surface area contributed by atoms with E-state index in [1.165, 1.54) is 29.0 Å². The van der Waals surface area contributed by atoms with Crippen molar-refractivity contribution in [3.05, 3.63) is 76.5 Å². The smallest absolute Gasteiger partial charge is 0.417 e. The molecule has 3 N–H and O–H groups in total. The number of urea groups is 1. The predicted molar refractivity (Wildman–Crippen MR) is 153 cm³/mol. The maximum atomic E-state index is 14.9. The number of amides is 3. The summed E-state index contributed by atoms with van der Waals surface area (Å²) in [4.78, 5) is 31.5. The second-order valence-electron chi connectivity index (χ2n) is 9.32. The molecule has 0 saturated heterocycles. The van der Waals surface area contributed by atoms with Gasteiger partial charge in [-0.1, -0.05) is 25.4 Å². The third-order valence-electron chi connectivity index (χ3n) is 6.58. The van der Waals surface area contributed by atoms with Crippen LogP contribution in [0.25, 0.3) is 5.52 Å². The summed E-state index contributed by atoms with van der Waals surface area (Å²) in [5, 5.41) is 11.0. The molecule has 10 nitrogen and oxygen atoms in total. The first-order valence-electron chi connectivity index (χ1n) is 13.2. The highest BCUT2D eigenvalue weighted by Crippen LogP contribution is 2.36. The lowest BCUT2D eigenvalue weighted by Gasteiger charge is -2.17. The number of alkyl halides is 3. The van der Waals surface area contributed by atoms with E-state index in [1.54, 1.807) is 13.1 Å². The van der Waals surface area contributed by atoms with Crippen LogP contribution in [-0.2, 0) is 6.18 Å². The number of nitrogens with zero attached hydrogens (tertiary/aromatic N) is 4. The predicted octanol–water partition coefficient (Wildman–Crippen LogP) is 6.36. The van der Waals surface area contributed by atoms with Crippen LogP contribution in [0.2, 0.25) is 5.02 Å². The maximum absolute atomic E-state index is 14.9. The number of aryl methyl sites for hydroxylation is 1. The Morgan fingerprint density at radius 2 is 1.84 bits per heavy atom. The fourth-order valence-corrected chi connectivity index (χ4v) is 4.50. The van der Waals surface area contributed by atoms with E-state index in [1.807, 2.05) is 13.8 Å². The number of anilines is 2. The maximum Gasteiger partial charge on any atom is 0.417 e. The molecule has 0 aliphatic heterocycles. The second-order valence-corrected chi connectivity index (χ2v) is 9.73. The van der Waals surface area contributed by atoms with Gasteiger partial charge in [0.15, 0.2) is 0 Å². The first-order chi connectivity index (χ1) is 20.4. The van der Waals surface area contributed by atoms with Crippen LogP contribution in [0.3, 0.4) is 0 Å². The second kappa shape index (κ2) is 13.3. The molecule has 0 unspecified atom stereocenters. The molecule has 2 heterocycles. The number of nitrogens with one attached hydrogen (secondary N) is 3. The Balaban J connectivity index is 1.45. The molecule has 0 fully saturated rings. The van der Waals surface area contributed by atoms with Gasteiger partial charge in [0.05, 0.1) is 21.8 Å². The minimum Gasteiger partial charge on any atom is -0.437 e. The molecule has 4 rings (SSSR count). The van der Waals surface area contributed by atoms with Crippen LogP contribution in [0.1, 0.15) is 35.3 Å². The number of hydrogen-bond donors (Lipinski definition) is 3. The van der Waals surface area contributed by atoms with Crippen LogP contribution < -0.4 is 20.7 Å². The van der Waals surface area contributed by atoms with Crippen molar-refractivity contribution in [2.24, 2.45) is 0 Å². The Bertz CT molecular complexity index is 1640. The fourth-order valence-electron chi connectivity index (χ4n) is 4.27. The zero-order chi connectivity index (χ0) is 31.3. The van der Waals surface area contributed by atoms with Gasteiger partial charge in [-0.05, 0) is 55.9 Å². The highest BCUT2D eigenvalue weighted by Gasteiger charge is 2.33. The first-order valence-corrected chi connectivity index (χ1v) is 13.5. The van der Waals surface area contributed by atoms with E-state index in [4.69, 9.17) is 16.3 Å². The zero-order valence-corrected chi connectivity index (χ0v) is 24.1. The Hall–Kier alpha value is -4.43. The lowest BCUT2D eigenvalue weighted by molar-refractivity contribution is -0.137. The van der Waals surface area contributed by atoms with Crippen molar-refractivity contribution in [3.63, 3.8) is 0 Å². The van der Waals surface area contributed by atoms with E-state index in [0.717, 1.165) is 25.2 Å². The van der Waals surface area contributed by atoms with Gasteiger partial charge in [-0.15, -0.1) is 0 Å². The molecule has 0 bridgehead atoms. The van der Waals surface area contributed by atoms with Gasteiger partial charge in [-0.2, -0.15) is 23.3 Å². The average molecular weight is 622 g/mol. The topological polar surface area (TPSA) is 113 Å².